The molecule has 1 aromatic heterocycles. The van der Waals surface area contributed by atoms with Crippen LogP contribution in [0.4, 0.5) is 0 Å². The lowest BCUT2D eigenvalue weighted by atomic mass is 10.2. The lowest BCUT2D eigenvalue weighted by molar-refractivity contribution is 0.0696. The average molecular weight is 310 g/mol. The second kappa shape index (κ2) is 4.61. The zero-order valence-corrected chi connectivity index (χ0v) is 10.6. The van der Waals surface area contributed by atoms with Crippen LogP contribution in [0.2, 0.25) is 0 Å². The summed E-state index contributed by atoms with van der Waals surface area (Å²) in [5, 5.41) is 13.0. The van der Waals surface area contributed by atoms with Gasteiger partial charge in [-0.3, -0.25) is 4.79 Å². The molecule has 2 rings (SSSR count). The summed E-state index contributed by atoms with van der Waals surface area (Å²) in [5.74, 6) is -1.75. The Hall–Kier alpha value is -2.15. The van der Waals surface area contributed by atoms with Crippen LogP contribution < -0.4 is 5.73 Å². The summed E-state index contributed by atoms with van der Waals surface area (Å²) in [7, 11) is 0. The minimum Gasteiger partial charge on any atom is -0.478 e. The summed E-state index contributed by atoms with van der Waals surface area (Å²) in [6.45, 7) is 0. The predicted molar refractivity (Wildman–Crippen MR) is 66.7 cm³/mol. The Morgan fingerprint density at radius 2 is 2.06 bits per heavy atom. The number of carboxylic acids is 1. The Labute approximate surface area is 110 Å². The van der Waals surface area contributed by atoms with Crippen molar-refractivity contribution >= 4 is 27.8 Å². The van der Waals surface area contributed by atoms with Crippen molar-refractivity contribution in [2.45, 2.75) is 0 Å². The molecule has 3 N–H and O–H groups in total. The van der Waals surface area contributed by atoms with Gasteiger partial charge < -0.3 is 10.8 Å². The van der Waals surface area contributed by atoms with Gasteiger partial charge in [0.1, 0.15) is 5.69 Å². The normalized spacial score (nSPS) is 10.3. The van der Waals surface area contributed by atoms with Crippen molar-refractivity contribution in [3.8, 4) is 5.69 Å². The molecule has 0 saturated carbocycles. The van der Waals surface area contributed by atoms with Gasteiger partial charge >= 0.3 is 5.97 Å². The van der Waals surface area contributed by atoms with Crippen molar-refractivity contribution in [1.29, 1.82) is 0 Å². The summed E-state index contributed by atoms with van der Waals surface area (Å²) in [6.07, 6.45) is 1.48. The lowest BCUT2D eigenvalue weighted by Gasteiger charge is -2.06. The van der Waals surface area contributed by atoms with E-state index in [4.69, 9.17) is 10.8 Å². The summed E-state index contributed by atoms with van der Waals surface area (Å²) in [6, 6.07) is 6.16. The first-order chi connectivity index (χ1) is 8.49. The second-order valence-corrected chi connectivity index (χ2v) is 4.39. The zero-order valence-electron chi connectivity index (χ0n) is 9.00. The van der Waals surface area contributed by atoms with Gasteiger partial charge in [-0.2, -0.15) is 5.10 Å². The minimum atomic E-state index is -1.08. The van der Waals surface area contributed by atoms with E-state index in [-0.39, 0.29) is 11.3 Å². The Morgan fingerprint density at radius 3 is 2.61 bits per heavy atom. The number of primary amides is 1. The number of carboxylic acid groups (broad SMARTS) is 1. The number of benzene rings is 1. The second-order valence-electron chi connectivity index (χ2n) is 3.48. The number of hydrogen-bond acceptors (Lipinski definition) is 3. The fourth-order valence-electron chi connectivity index (χ4n) is 1.47. The van der Waals surface area contributed by atoms with Crippen LogP contribution in [0.25, 0.3) is 5.69 Å². The van der Waals surface area contributed by atoms with Gasteiger partial charge in [-0.1, -0.05) is 15.9 Å². The smallest absolute Gasteiger partial charge is 0.337 e. The van der Waals surface area contributed by atoms with E-state index >= 15 is 0 Å². The molecular weight excluding hydrogens is 302 g/mol. The Bertz CT molecular complexity index is 636. The van der Waals surface area contributed by atoms with Crippen LogP contribution in [0.1, 0.15) is 20.8 Å². The number of carbonyl (C=O) groups excluding carboxylic acids is 1. The molecule has 0 fully saturated rings. The summed E-state index contributed by atoms with van der Waals surface area (Å²) in [5.41, 5.74) is 5.60. The zero-order chi connectivity index (χ0) is 13.3. The van der Waals surface area contributed by atoms with Crippen molar-refractivity contribution in [1.82, 2.24) is 9.78 Å². The molecule has 0 aliphatic carbocycles. The fourth-order valence-corrected chi connectivity index (χ4v) is 1.83. The minimum absolute atomic E-state index is 0.0727. The lowest BCUT2D eigenvalue weighted by Crippen LogP contribution is -2.13. The summed E-state index contributed by atoms with van der Waals surface area (Å²) < 4.78 is 1.95. The van der Waals surface area contributed by atoms with Gasteiger partial charge in [0.15, 0.2) is 0 Å². The van der Waals surface area contributed by atoms with Crippen LogP contribution in [0.3, 0.4) is 0 Å². The predicted octanol–water partition coefficient (Wildman–Crippen LogP) is 1.43. The summed E-state index contributed by atoms with van der Waals surface area (Å²) in [4.78, 5) is 22.1. The Morgan fingerprint density at radius 1 is 1.33 bits per heavy atom. The monoisotopic (exact) mass is 309 g/mol. The largest absolute Gasteiger partial charge is 0.478 e. The molecule has 6 nitrogen and oxygen atoms in total. The highest BCUT2D eigenvalue weighted by molar-refractivity contribution is 9.10. The number of aromatic carboxylic acids is 1. The van der Waals surface area contributed by atoms with Gasteiger partial charge in [-0.05, 0) is 24.3 Å². The van der Waals surface area contributed by atoms with Crippen molar-refractivity contribution in [3.05, 3.63) is 46.2 Å². The number of nitrogens with zero attached hydrogens (tertiary/aromatic N) is 2. The standard InChI is InChI=1S/C11H8BrN3O3/c12-6-1-2-9(7(5-6)11(17)18)15-4-3-8(14-15)10(13)16/h1-5H,(H2,13,16)(H,17,18). The van der Waals surface area contributed by atoms with Gasteiger partial charge in [0.2, 0.25) is 0 Å². The van der Waals surface area contributed by atoms with E-state index < -0.39 is 11.9 Å². The van der Waals surface area contributed by atoms with E-state index in [0.29, 0.717) is 10.2 Å². The van der Waals surface area contributed by atoms with Crippen molar-refractivity contribution in [3.63, 3.8) is 0 Å². The maximum absolute atomic E-state index is 11.1. The molecule has 1 heterocycles. The third kappa shape index (κ3) is 2.25. The Balaban J connectivity index is 2.55. The van der Waals surface area contributed by atoms with Crippen molar-refractivity contribution in [2.24, 2.45) is 5.73 Å². The molecule has 2 aromatic rings. The molecular formula is C11H8BrN3O3. The molecule has 0 aliphatic heterocycles. The van der Waals surface area contributed by atoms with Gasteiger partial charge in [0.25, 0.3) is 5.91 Å². The van der Waals surface area contributed by atoms with Crippen LogP contribution in [-0.4, -0.2) is 26.8 Å². The SMILES string of the molecule is NC(=O)c1ccn(-c2ccc(Br)cc2C(=O)O)n1. The van der Waals surface area contributed by atoms with Crippen molar-refractivity contribution < 1.29 is 14.7 Å². The highest BCUT2D eigenvalue weighted by Crippen LogP contribution is 2.20. The van der Waals surface area contributed by atoms with Gasteiger partial charge in [-0.25, -0.2) is 9.48 Å². The van der Waals surface area contributed by atoms with Crippen LogP contribution in [0.15, 0.2) is 34.9 Å². The van der Waals surface area contributed by atoms with E-state index in [1.807, 2.05) is 0 Å². The molecule has 7 heteroatoms. The molecule has 18 heavy (non-hydrogen) atoms. The van der Waals surface area contributed by atoms with Crippen LogP contribution in [0.5, 0.6) is 0 Å². The first kappa shape index (κ1) is 12.3. The molecule has 0 spiro atoms. The maximum Gasteiger partial charge on any atom is 0.337 e. The van der Waals surface area contributed by atoms with E-state index in [0.717, 1.165) is 0 Å². The number of halogens is 1. The maximum atomic E-state index is 11.1. The molecule has 0 saturated heterocycles. The third-order valence-corrected chi connectivity index (χ3v) is 2.77. The fraction of sp³-hybridized carbons (Fsp3) is 0. The highest BCUT2D eigenvalue weighted by Gasteiger charge is 2.14. The highest BCUT2D eigenvalue weighted by atomic mass is 79.9. The van der Waals surface area contributed by atoms with Gasteiger partial charge in [0, 0.05) is 10.7 Å². The number of nitrogens with two attached hydrogens (primary N) is 1. The van der Waals surface area contributed by atoms with Crippen LogP contribution >= 0.6 is 15.9 Å². The summed E-state index contributed by atoms with van der Waals surface area (Å²) >= 11 is 3.20. The van der Waals surface area contributed by atoms with Gasteiger partial charge in [-0.15, -0.1) is 0 Å². The number of rotatable bonds is 3. The molecule has 0 bridgehead atoms. The van der Waals surface area contributed by atoms with Gasteiger partial charge in [0.05, 0.1) is 11.3 Å². The molecule has 0 atom stereocenters. The van der Waals surface area contributed by atoms with E-state index in [2.05, 4.69) is 21.0 Å². The first-order valence-corrected chi connectivity index (χ1v) is 5.67. The first-order valence-electron chi connectivity index (χ1n) is 4.87. The van der Waals surface area contributed by atoms with Crippen LogP contribution in [-0.2, 0) is 0 Å². The van der Waals surface area contributed by atoms with E-state index in [1.165, 1.54) is 23.0 Å². The average Bonchev–Trinajstić information content (AvgIpc) is 2.78. The molecule has 0 radical (unpaired) electrons. The quantitative estimate of drug-likeness (QED) is 0.896. The topological polar surface area (TPSA) is 98.2 Å². The number of aromatic nitrogens is 2. The number of amides is 1. The molecule has 1 aromatic carbocycles. The number of carbonyl (C=O) groups is 2. The van der Waals surface area contributed by atoms with E-state index in [1.54, 1.807) is 12.1 Å². The number of hydrogen-bond donors (Lipinski definition) is 2. The molecule has 0 unspecified atom stereocenters. The molecule has 92 valence electrons. The molecule has 0 aliphatic rings. The molecule has 1 amide bonds. The van der Waals surface area contributed by atoms with E-state index in [9.17, 15) is 9.59 Å². The van der Waals surface area contributed by atoms with Crippen molar-refractivity contribution in [2.75, 3.05) is 0 Å². The van der Waals surface area contributed by atoms with Crippen LogP contribution in [0, 0.1) is 0 Å². The third-order valence-electron chi connectivity index (χ3n) is 2.28. The Kier molecular flexibility index (Phi) is 3.15.